The highest BCUT2D eigenvalue weighted by atomic mass is 32.2. The van der Waals surface area contributed by atoms with Crippen molar-refractivity contribution >= 4 is 10.2 Å². The molecule has 17 heavy (non-hydrogen) atoms. The molecule has 0 aromatic heterocycles. The first-order chi connectivity index (χ1) is 8.14. The van der Waals surface area contributed by atoms with Gasteiger partial charge in [0.1, 0.15) is 0 Å². The maximum absolute atomic E-state index is 12.3. The summed E-state index contributed by atoms with van der Waals surface area (Å²) in [7, 11) is -3.32. The first-order valence-electron chi connectivity index (χ1n) is 6.09. The topological polar surface area (TPSA) is 59.1 Å². The highest BCUT2D eigenvalue weighted by Gasteiger charge is 2.34. The molecule has 0 amide bonds. The van der Waals surface area contributed by atoms with Crippen LogP contribution in [0.3, 0.4) is 0 Å². The summed E-state index contributed by atoms with van der Waals surface area (Å²) in [5.41, 5.74) is 0. The van der Waals surface area contributed by atoms with Gasteiger partial charge in [0, 0.05) is 26.2 Å². The van der Waals surface area contributed by atoms with E-state index in [0.717, 1.165) is 6.42 Å². The average Bonchev–Trinajstić information content (AvgIpc) is 2.40. The van der Waals surface area contributed by atoms with Crippen molar-refractivity contribution in [3.05, 3.63) is 0 Å². The summed E-state index contributed by atoms with van der Waals surface area (Å²) >= 11 is 0. The van der Waals surface area contributed by atoms with Crippen LogP contribution in [0.5, 0.6) is 0 Å². The van der Waals surface area contributed by atoms with E-state index in [1.54, 1.807) is 0 Å². The molecule has 0 radical (unpaired) electrons. The highest BCUT2D eigenvalue weighted by Crippen LogP contribution is 2.16. The van der Waals surface area contributed by atoms with E-state index >= 15 is 0 Å². The Morgan fingerprint density at radius 3 is 2.41 bits per heavy atom. The molecule has 0 N–H and O–H groups in total. The lowest BCUT2D eigenvalue weighted by Crippen LogP contribution is -2.53. The predicted molar refractivity (Wildman–Crippen MR) is 62.9 cm³/mol. The summed E-state index contributed by atoms with van der Waals surface area (Å²) in [6.07, 6.45) is 0.870. The van der Waals surface area contributed by atoms with Gasteiger partial charge in [-0.2, -0.15) is 17.0 Å². The maximum Gasteiger partial charge on any atom is 0.282 e. The Morgan fingerprint density at radius 1 is 1.12 bits per heavy atom. The van der Waals surface area contributed by atoms with Gasteiger partial charge in [-0.25, -0.2) is 0 Å². The van der Waals surface area contributed by atoms with Crippen molar-refractivity contribution in [1.29, 1.82) is 0 Å². The van der Waals surface area contributed by atoms with Gasteiger partial charge in [0.25, 0.3) is 10.2 Å². The van der Waals surface area contributed by atoms with Gasteiger partial charge in [-0.1, -0.05) is 6.92 Å². The molecule has 2 saturated heterocycles. The van der Waals surface area contributed by atoms with Gasteiger partial charge in [0.2, 0.25) is 0 Å². The van der Waals surface area contributed by atoms with Crippen molar-refractivity contribution in [2.24, 2.45) is 0 Å². The van der Waals surface area contributed by atoms with E-state index in [1.807, 2.05) is 6.92 Å². The van der Waals surface area contributed by atoms with Crippen LogP contribution < -0.4 is 0 Å². The summed E-state index contributed by atoms with van der Waals surface area (Å²) in [5, 5.41) is 0. The molecule has 2 fully saturated rings. The van der Waals surface area contributed by atoms with E-state index in [2.05, 4.69) is 0 Å². The third-order valence-electron chi connectivity index (χ3n) is 3.18. The molecule has 2 aliphatic heterocycles. The molecule has 100 valence electrons. The van der Waals surface area contributed by atoms with Gasteiger partial charge in [-0.05, 0) is 6.42 Å². The van der Waals surface area contributed by atoms with E-state index in [0.29, 0.717) is 46.0 Å². The van der Waals surface area contributed by atoms with Crippen LogP contribution in [0.25, 0.3) is 0 Å². The van der Waals surface area contributed by atoms with Crippen LogP contribution in [0, 0.1) is 0 Å². The molecule has 2 rings (SSSR count). The Hall–Kier alpha value is -0.210. The molecular formula is C10H20N2O4S. The third-order valence-corrected chi connectivity index (χ3v) is 5.18. The Bertz CT molecular complexity index is 340. The standard InChI is InChI=1S/C10H20N2O4S/c1-2-10-9-12(5-8-16-10)17(13,14)11-3-6-15-7-4-11/h10H,2-9H2,1H3/t10-/m1/s1. The van der Waals surface area contributed by atoms with Crippen molar-refractivity contribution in [1.82, 2.24) is 8.61 Å². The zero-order chi connectivity index (χ0) is 12.3. The first-order valence-corrected chi connectivity index (χ1v) is 7.49. The fourth-order valence-corrected chi connectivity index (χ4v) is 3.69. The fourth-order valence-electron chi connectivity index (χ4n) is 2.09. The Labute approximate surface area is 103 Å². The van der Waals surface area contributed by atoms with Crippen molar-refractivity contribution < 1.29 is 17.9 Å². The Morgan fingerprint density at radius 2 is 1.76 bits per heavy atom. The molecule has 0 aliphatic carbocycles. The zero-order valence-corrected chi connectivity index (χ0v) is 11.0. The van der Waals surface area contributed by atoms with Gasteiger partial charge in [-0.15, -0.1) is 0 Å². The average molecular weight is 264 g/mol. The lowest BCUT2D eigenvalue weighted by atomic mass is 10.2. The van der Waals surface area contributed by atoms with E-state index < -0.39 is 10.2 Å². The minimum atomic E-state index is -3.32. The van der Waals surface area contributed by atoms with Crippen molar-refractivity contribution in [3.8, 4) is 0 Å². The van der Waals surface area contributed by atoms with E-state index in [1.165, 1.54) is 8.61 Å². The first kappa shape index (κ1) is 13.2. The summed E-state index contributed by atoms with van der Waals surface area (Å²) in [6.45, 7) is 5.30. The van der Waals surface area contributed by atoms with Crippen LogP contribution in [0.15, 0.2) is 0 Å². The van der Waals surface area contributed by atoms with Crippen LogP contribution >= 0.6 is 0 Å². The quantitative estimate of drug-likeness (QED) is 0.700. The monoisotopic (exact) mass is 264 g/mol. The summed E-state index contributed by atoms with van der Waals surface area (Å²) < 4.78 is 38.4. The third kappa shape index (κ3) is 2.97. The summed E-state index contributed by atoms with van der Waals surface area (Å²) in [5.74, 6) is 0. The van der Waals surface area contributed by atoms with Crippen molar-refractivity contribution in [2.45, 2.75) is 19.4 Å². The van der Waals surface area contributed by atoms with Gasteiger partial charge in [0.05, 0.1) is 25.9 Å². The number of ether oxygens (including phenoxy) is 2. The second-order valence-electron chi connectivity index (χ2n) is 4.28. The van der Waals surface area contributed by atoms with E-state index in [-0.39, 0.29) is 6.10 Å². The number of morpholine rings is 2. The van der Waals surface area contributed by atoms with Crippen molar-refractivity contribution in [3.63, 3.8) is 0 Å². The number of rotatable bonds is 3. The van der Waals surface area contributed by atoms with Crippen molar-refractivity contribution in [2.75, 3.05) is 46.0 Å². The highest BCUT2D eigenvalue weighted by molar-refractivity contribution is 7.86. The van der Waals surface area contributed by atoms with Crippen LogP contribution in [0.1, 0.15) is 13.3 Å². The lowest BCUT2D eigenvalue weighted by molar-refractivity contribution is -0.00631. The number of nitrogens with zero attached hydrogens (tertiary/aromatic N) is 2. The largest absolute Gasteiger partial charge is 0.379 e. The normalized spacial score (nSPS) is 29.4. The lowest BCUT2D eigenvalue weighted by Gasteiger charge is -2.36. The van der Waals surface area contributed by atoms with Gasteiger partial charge in [0.15, 0.2) is 0 Å². The molecule has 0 aromatic rings. The molecule has 2 heterocycles. The molecule has 0 spiro atoms. The van der Waals surface area contributed by atoms with Crippen LogP contribution in [0.4, 0.5) is 0 Å². The molecule has 0 saturated carbocycles. The smallest absolute Gasteiger partial charge is 0.282 e. The molecule has 1 atom stereocenters. The predicted octanol–water partition coefficient (Wildman–Crippen LogP) is -0.326. The summed E-state index contributed by atoms with van der Waals surface area (Å²) in [4.78, 5) is 0. The Kier molecular flexibility index (Phi) is 4.37. The second kappa shape index (κ2) is 5.62. The molecule has 0 unspecified atom stereocenters. The molecule has 2 aliphatic rings. The molecule has 7 heteroatoms. The van der Waals surface area contributed by atoms with Gasteiger partial charge in [-0.3, -0.25) is 0 Å². The minimum absolute atomic E-state index is 0.0274. The summed E-state index contributed by atoms with van der Waals surface area (Å²) in [6, 6.07) is 0. The minimum Gasteiger partial charge on any atom is -0.379 e. The van der Waals surface area contributed by atoms with E-state index in [4.69, 9.17) is 9.47 Å². The second-order valence-corrected chi connectivity index (χ2v) is 6.21. The molecule has 0 aromatic carbocycles. The van der Waals surface area contributed by atoms with Crippen LogP contribution in [0.2, 0.25) is 0 Å². The SMILES string of the molecule is CC[C@@H]1CN(S(=O)(=O)N2CCOCC2)CCO1. The zero-order valence-electron chi connectivity index (χ0n) is 10.2. The van der Waals surface area contributed by atoms with E-state index in [9.17, 15) is 8.42 Å². The van der Waals surface area contributed by atoms with Gasteiger partial charge >= 0.3 is 0 Å². The number of hydrogen-bond donors (Lipinski definition) is 0. The number of hydrogen-bond acceptors (Lipinski definition) is 4. The Balaban J connectivity index is 2.03. The van der Waals surface area contributed by atoms with Gasteiger partial charge < -0.3 is 9.47 Å². The molecule has 0 bridgehead atoms. The molecule has 6 nitrogen and oxygen atoms in total. The van der Waals surface area contributed by atoms with Crippen LogP contribution in [-0.4, -0.2) is 69.1 Å². The maximum atomic E-state index is 12.3. The fraction of sp³-hybridized carbons (Fsp3) is 1.00. The van der Waals surface area contributed by atoms with Crippen LogP contribution in [-0.2, 0) is 19.7 Å². The molecular weight excluding hydrogens is 244 g/mol.